The molecule has 0 spiro atoms. The quantitative estimate of drug-likeness (QED) is 0.617. The molecule has 0 aliphatic rings. The second-order valence-electron chi connectivity index (χ2n) is 3.17. The Morgan fingerprint density at radius 3 is 2.81 bits per heavy atom. The standard InChI is InChI=1S/C12H12O4/c1-16-12(15)6-5-9-3-2-4-10(7-9)8-11(13)14/h2-7H,8H2,1H3,(H,13,14). The van der Waals surface area contributed by atoms with Crippen LogP contribution in [0.5, 0.6) is 0 Å². The first-order chi connectivity index (χ1) is 7.61. The van der Waals surface area contributed by atoms with Crippen molar-refractivity contribution in [3.63, 3.8) is 0 Å². The molecular formula is C12H12O4. The average Bonchev–Trinajstić information content (AvgIpc) is 2.25. The molecule has 0 aliphatic carbocycles. The minimum atomic E-state index is -0.880. The number of methoxy groups -OCH3 is 1. The molecule has 0 amide bonds. The molecule has 84 valence electrons. The molecule has 0 aromatic heterocycles. The van der Waals surface area contributed by atoms with Crippen LogP contribution in [0.15, 0.2) is 30.3 Å². The Morgan fingerprint density at radius 1 is 1.44 bits per heavy atom. The molecule has 4 heteroatoms. The summed E-state index contributed by atoms with van der Waals surface area (Å²) in [7, 11) is 1.30. The first kappa shape index (κ1) is 12.0. The van der Waals surface area contributed by atoms with Gasteiger partial charge in [0.15, 0.2) is 0 Å². The van der Waals surface area contributed by atoms with Crippen molar-refractivity contribution in [1.29, 1.82) is 0 Å². The predicted octanol–water partition coefficient (Wildman–Crippen LogP) is 1.50. The van der Waals surface area contributed by atoms with Crippen LogP contribution < -0.4 is 0 Å². The van der Waals surface area contributed by atoms with Crippen LogP contribution >= 0.6 is 0 Å². The van der Waals surface area contributed by atoms with Gasteiger partial charge in [0.2, 0.25) is 0 Å². The fourth-order valence-corrected chi connectivity index (χ4v) is 1.21. The summed E-state index contributed by atoms with van der Waals surface area (Å²) in [6, 6.07) is 6.97. The summed E-state index contributed by atoms with van der Waals surface area (Å²) in [6.07, 6.45) is 2.84. The molecule has 0 unspecified atom stereocenters. The number of ether oxygens (including phenoxy) is 1. The molecule has 0 radical (unpaired) electrons. The van der Waals surface area contributed by atoms with Gasteiger partial charge in [-0.2, -0.15) is 0 Å². The van der Waals surface area contributed by atoms with Crippen LogP contribution in [0.3, 0.4) is 0 Å². The van der Waals surface area contributed by atoms with Gasteiger partial charge >= 0.3 is 11.9 Å². The maximum Gasteiger partial charge on any atom is 0.330 e. The summed E-state index contributed by atoms with van der Waals surface area (Å²) in [5.41, 5.74) is 1.46. The minimum absolute atomic E-state index is 0.0279. The van der Waals surface area contributed by atoms with Crippen molar-refractivity contribution in [2.75, 3.05) is 7.11 Å². The van der Waals surface area contributed by atoms with E-state index < -0.39 is 11.9 Å². The zero-order valence-electron chi connectivity index (χ0n) is 8.84. The Labute approximate surface area is 93.2 Å². The number of benzene rings is 1. The van der Waals surface area contributed by atoms with E-state index in [-0.39, 0.29) is 6.42 Å². The number of carbonyl (C=O) groups is 2. The minimum Gasteiger partial charge on any atom is -0.481 e. The second kappa shape index (κ2) is 5.70. The van der Waals surface area contributed by atoms with Crippen LogP contribution in [0, 0.1) is 0 Å². The Balaban J connectivity index is 2.78. The fourth-order valence-electron chi connectivity index (χ4n) is 1.21. The maximum atomic E-state index is 10.8. The highest BCUT2D eigenvalue weighted by molar-refractivity contribution is 5.87. The van der Waals surface area contributed by atoms with E-state index in [4.69, 9.17) is 5.11 Å². The number of hydrogen-bond acceptors (Lipinski definition) is 3. The largest absolute Gasteiger partial charge is 0.481 e. The molecule has 0 saturated carbocycles. The lowest BCUT2D eigenvalue weighted by molar-refractivity contribution is -0.136. The van der Waals surface area contributed by atoms with Crippen molar-refractivity contribution in [1.82, 2.24) is 0 Å². The topological polar surface area (TPSA) is 63.6 Å². The number of aliphatic carboxylic acids is 1. The zero-order valence-corrected chi connectivity index (χ0v) is 8.84. The highest BCUT2D eigenvalue weighted by Gasteiger charge is 2.00. The molecular weight excluding hydrogens is 208 g/mol. The average molecular weight is 220 g/mol. The van der Waals surface area contributed by atoms with Crippen LogP contribution in [0.2, 0.25) is 0 Å². The van der Waals surface area contributed by atoms with Crippen LogP contribution in [0.1, 0.15) is 11.1 Å². The van der Waals surface area contributed by atoms with Crippen LogP contribution in [-0.2, 0) is 20.7 Å². The van der Waals surface area contributed by atoms with Crippen molar-refractivity contribution in [2.45, 2.75) is 6.42 Å². The van der Waals surface area contributed by atoms with Crippen molar-refractivity contribution >= 4 is 18.0 Å². The van der Waals surface area contributed by atoms with Gasteiger partial charge in [0, 0.05) is 6.08 Å². The zero-order chi connectivity index (χ0) is 12.0. The first-order valence-corrected chi connectivity index (χ1v) is 4.68. The first-order valence-electron chi connectivity index (χ1n) is 4.68. The van der Waals surface area contributed by atoms with Crippen LogP contribution in [-0.4, -0.2) is 24.2 Å². The Hall–Kier alpha value is -2.10. The highest BCUT2D eigenvalue weighted by atomic mass is 16.5. The molecule has 0 saturated heterocycles. The number of esters is 1. The molecule has 1 aromatic carbocycles. The number of carboxylic acid groups (broad SMARTS) is 1. The Morgan fingerprint density at radius 2 is 2.19 bits per heavy atom. The van der Waals surface area contributed by atoms with E-state index in [2.05, 4.69) is 4.74 Å². The molecule has 1 N–H and O–H groups in total. The lowest BCUT2D eigenvalue weighted by Crippen LogP contribution is -1.99. The molecule has 0 fully saturated rings. The summed E-state index contributed by atoms with van der Waals surface area (Å²) in [6.45, 7) is 0. The van der Waals surface area contributed by atoms with E-state index in [0.717, 1.165) is 5.56 Å². The summed E-state index contributed by atoms with van der Waals surface area (Å²) in [5, 5.41) is 8.62. The smallest absolute Gasteiger partial charge is 0.330 e. The number of rotatable bonds is 4. The molecule has 4 nitrogen and oxygen atoms in total. The van der Waals surface area contributed by atoms with Crippen LogP contribution in [0.4, 0.5) is 0 Å². The van der Waals surface area contributed by atoms with Crippen molar-refractivity contribution in [2.24, 2.45) is 0 Å². The third kappa shape index (κ3) is 3.96. The molecule has 16 heavy (non-hydrogen) atoms. The number of carboxylic acids is 1. The van der Waals surface area contributed by atoms with E-state index in [1.165, 1.54) is 13.2 Å². The highest BCUT2D eigenvalue weighted by Crippen LogP contribution is 2.08. The van der Waals surface area contributed by atoms with Crippen molar-refractivity contribution in [3.05, 3.63) is 41.5 Å². The maximum absolute atomic E-state index is 10.8. The summed E-state index contributed by atoms with van der Waals surface area (Å²) >= 11 is 0. The summed E-state index contributed by atoms with van der Waals surface area (Å²) in [4.78, 5) is 21.3. The molecule has 0 atom stereocenters. The van der Waals surface area contributed by atoms with Gasteiger partial charge in [-0.05, 0) is 17.2 Å². The van der Waals surface area contributed by atoms with Crippen LogP contribution in [0.25, 0.3) is 6.08 Å². The third-order valence-corrected chi connectivity index (χ3v) is 1.92. The van der Waals surface area contributed by atoms with Gasteiger partial charge in [-0.1, -0.05) is 24.3 Å². The van der Waals surface area contributed by atoms with Crippen molar-refractivity contribution < 1.29 is 19.4 Å². The lowest BCUT2D eigenvalue weighted by Gasteiger charge is -1.98. The fraction of sp³-hybridized carbons (Fsp3) is 0.167. The molecule has 1 rings (SSSR count). The van der Waals surface area contributed by atoms with Crippen molar-refractivity contribution in [3.8, 4) is 0 Å². The van der Waals surface area contributed by atoms with Gasteiger partial charge in [0.05, 0.1) is 13.5 Å². The monoisotopic (exact) mass is 220 g/mol. The van der Waals surface area contributed by atoms with E-state index in [9.17, 15) is 9.59 Å². The van der Waals surface area contributed by atoms with E-state index >= 15 is 0 Å². The van der Waals surface area contributed by atoms with Gasteiger partial charge in [0.1, 0.15) is 0 Å². The van der Waals surface area contributed by atoms with E-state index in [1.54, 1.807) is 30.3 Å². The number of hydrogen-bond donors (Lipinski definition) is 1. The van der Waals surface area contributed by atoms with Gasteiger partial charge in [0.25, 0.3) is 0 Å². The normalized spacial score (nSPS) is 10.3. The van der Waals surface area contributed by atoms with E-state index in [1.807, 2.05) is 0 Å². The van der Waals surface area contributed by atoms with Gasteiger partial charge < -0.3 is 9.84 Å². The van der Waals surface area contributed by atoms with Gasteiger partial charge in [-0.3, -0.25) is 4.79 Å². The molecule has 0 aliphatic heterocycles. The van der Waals surface area contributed by atoms with E-state index in [0.29, 0.717) is 5.56 Å². The molecule has 0 bridgehead atoms. The molecule has 1 aromatic rings. The Kier molecular flexibility index (Phi) is 4.27. The lowest BCUT2D eigenvalue weighted by atomic mass is 10.1. The second-order valence-corrected chi connectivity index (χ2v) is 3.17. The SMILES string of the molecule is COC(=O)C=Cc1cccc(CC(=O)O)c1. The molecule has 0 heterocycles. The number of carbonyl (C=O) groups excluding carboxylic acids is 1. The Bertz CT molecular complexity index is 421. The van der Waals surface area contributed by atoms with Gasteiger partial charge in [-0.15, -0.1) is 0 Å². The summed E-state index contributed by atoms with van der Waals surface area (Å²) in [5.74, 6) is -1.32. The van der Waals surface area contributed by atoms with Gasteiger partial charge in [-0.25, -0.2) is 4.79 Å². The third-order valence-electron chi connectivity index (χ3n) is 1.92. The summed E-state index contributed by atoms with van der Waals surface area (Å²) < 4.78 is 4.45. The predicted molar refractivity (Wildman–Crippen MR) is 58.8 cm³/mol.